The third kappa shape index (κ3) is 5.39. The summed E-state index contributed by atoms with van der Waals surface area (Å²) in [6.07, 6.45) is -4.97. The molecule has 0 bridgehead atoms. The number of hydrogen-bond acceptors (Lipinski definition) is 10. The van der Waals surface area contributed by atoms with Gasteiger partial charge in [0.15, 0.2) is 18.0 Å². The van der Waals surface area contributed by atoms with E-state index in [4.69, 9.17) is 23.7 Å². The van der Waals surface area contributed by atoms with Crippen molar-refractivity contribution >= 4 is 23.6 Å². The maximum absolute atomic E-state index is 11.6. The number of ether oxygens (including phenoxy) is 5. The number of nitrogens with zero attached hydrogens (tertiary/aromatic N) is 1. The van der Waals surface area contributed by atoms with Gasteiger partial charge in [0.25, 0.3) is 0 Å². The molecule has 152 valence electrons. The summed E-state index contributed by atoms with van der Waals surface area (Å²) in [7, 11) is 0. The van der Waals surface area contributed by atoms with Gasteiger partial charge in [0.05, 0.1) is 11.5 Å². The second kappa shape index (κ2) is 9.13. The Balaban J connectivity index is 2.34. The second-order valence-electron chi connectivity index (χ2n) is 5.84. The van der Waals surface area contributed by atoms with E-state index in [0.29, 0.717) is 0 Å². The van der Waals surface area contributed by atoms with Crippen molar-refractivity contribution in [3.8, 4) is 5.75 Å². The van der Waals surface area contributed by atoms with Crippen LogP contribution in [0.2, 0.25) is 0 Å². The van der Waals surface area contributed by atoms with E-state index in [1.54, 1.807) is 0 Å². The fourth-order valence-electron chi connectivity index (χ4n) is 2.64. The van der Waals surface area contributed by atoms with E-state index in [2.05, 4.69) is 0 Å². The lowest BCUT2D eigenvalue weighted by Gasteiger charge is -2.39. The maximum atomic E-state index is 11.6. The summed E-state index contributed by atoms with van der Waals surface area (Å²) in [5, 5.41) is 11.2. The molecule has 1 saturated heterocycles. The van der Waals surface area contributed by atoms with Crippen LogP contribution in [0.3, 0.4) is 0 Å². The minimum absolute atomic E-state index is 0.137. The quantitative estimate of drug-likeness (QED) is 0.297. The van der Waals surface area contributed by atoms with Gasteiger partial charge < -0.3 is 23.7 Å². The number of para-hydroxylation sites is 2. The van der Waals surface area contributed by atoms with E-state index in [1.165, 1.54) is 24.3 Å². The van der Waals surface area contributed by atoms with E-state index >= 15 is 0 Å². The molecular formula is C17H19NO10. The van der Waals surface area contributed by atoms with Crippen molar-refractivity contribution in [3.05, 3.63) is 34.4 Å². The number of carbonyl (C=O) groups excluding carboxylic acids is 3. The summed E-state index contributed by atoms with van der Waals surface area (Å²) in [4.78, 5) is 44.9. The fraction of sp³-hybridized carbons (Fsp3) is 0.471. The molecular weight excluding hydrogens is 378 g/mol. The van der Waals surface area contributed by atoms with E-state index < -0.39 is 47.4 Å². The van der Waals surface area contributed by atoms with Gasteiger partial charge in [-0.05, 0) is 6.07 Å². The molecule has 0 spiro atoms. The average molecular weight is 397 g/mol. The molecule has 1 fully saturated rings. The van der Waals surface area contributed by atoms with E-state index in [0.717, 1.165) is 20.8 Å². The van der Waals surface area contributed by atoms with Crippen LogP contribution in [0.15, 0.2) is 24.3 Å². The van der Waals surface area contributed by atoms with E-state index in [9.17, 15) is 24.5 Å². The lowest BCUT2D eigenvalue weighted by molar-refractivity contribution is -0.386. The number of hydrogen-bond donors (Lipinski definition) is 0. The third-order valence-electron chi connectivity index (χ3n) is 3.61. The Hall–Kier alpha value is -3.21. The van der Waals surface area contributed by atoms with Gasteiger partial charge in [0, 0.05) is 26.8 Å². The second-order valence-corrected chi connectivity index (χ2v) is 5.84. The van der Waals surface area contributed by atoms with Crippen molar-refractivity contribution in [2.75, 3.05) is 6.61 Å². The zero-order valence-electron chi connectivity index (χ0n) is 15.4. The van der Waals surface area contributed by atoms with E-state index in [1.807, 2.05) is 0 Å². The molecule has 0 radical (unpaired) electrons. The number of rotatable bonds is 6. The SMILES string of the molecule is CC(=O)OC1COC(Oc2ccccc2[N+](=O)[O-])C(OC(C)=O)C1OC(C)=O. The van der Waals surface area contributed by atoms with Gasteiger partial charge in [0.2, 0.25) is 12.4 Å². The Morgan fingerprint density at radius 2 is 1.57 bits per heavy atom. The van der Waals surface area contributed by atoms with Crippen LogP contribution in [0.1, 0.15) is 20.8 Å². The van der Waals surface area contributed by atoms with Crippen molar-refractivity contribution in [2.45, 2.75) is 45.4 Å². The molecule has 1 aromatic carbocycles. The molecule has 1 aliphatic heterocycles. The van der Waals surface area contributed by atoms with Crippen molar-refractivity contribution in [2.24, 2.45) is 0 Å². The van der Waals surface area contributed by atoms with Crippen molar-refractivity contribution < 1.29 is 43.0 Å². The summed E-state index contributed by atoms with van der Waals surface area (Å²) in [6, 6.07) is 5.53. The number of nitro benzene ring substituents is 1. The van der Waals surface area contributed by atoms with Crippen molar-refractivity contribution in [1.82, 2.24) is 0 Å². The van der Waals surface area contributed by atoms with Crippen molar-refractivity contribution in [1.29, 1.82) is 0 Å². The van der Waals surface area contributed by atoms with Gasteiger partial charge in [-0.15, -0.1) is 0 Å². The van der Waals surface area contributed by atoms with Crippen LogP contribution in [-0.4, -0.2) is 54.0 Å². The first-order chi connectivity index (χ1) is 13.2. The standard InChI is InChI=1S/C17H19NO10/c1-9(19)25-14-8-24-17(16(27-11(3)21)15(14)26-10(2)20)28-13-7-5-4-6-12(13)18(22)23/h4-7,14-17H,8H2,1-3H3. The topological polar surface area (TPSA) is 141 Å². The zero-order chi connectivity index (χ0) is 20.8. The first-order valence-corrected chi connectivity index (χ1v) is 8.22. The zero-order valence-corrected chi connectivity index (χ0v) is 15.4. The van der Waals surface area contributed by atoms with Gasteiger partial charge in [-0.25, -0.2) is 0 Å². The first-order valence-electron chi connectivity index (χ1n) is 8.22. The van der Waals surface area contributed by atoms with Gasteiger partial charge >= 0.3 is 23.6 Å². The molecule has 1 heterocycles. The van der Waals surface area contributed by atoms with Crippen LogP contribution >= 0.6 is 0 Å². The first kappa shape index (κ1) is 21.1. The Bertz CT molecular complexity index is 764. The van der Waals surface area contributed by atoms with E-state index in [-0.39, 0.29) is 18.0 Å². The smallest absolute Gasteiger partial charge is 0.311 e. The lowest BCUT2D eigenvalue weighted by Crippen LogP contribution is -2.59. The molecule has 11 nitrogen and oxygen atoms in total. The Morgan fingerprint density at radius 1 is 1.00 bits per heavy atom. The highest BCUT2D eigenvalue weighted by Gasteiger charge is 2.48. The highest BCUT2D eigenvalue weighted by atomic mass is 16.7. The highest BCUT2D eigenvalue weighted by Crippen LogP contribution is 2.31. The normalized spacial score (nSPS) is 24.0. The number of carbonyl (C=O) groups is 3. The number of esters is 3. The van der Waals surface area contributed by atoms with Crippen LogP contribution in [0.4, 0.5) is 5.69 Å². The Labute approximate surface area is 159 Å². The molecule has 1 aliphatic rings. The number of benzene rings is 1. The molecule has 1 aromatic rings. The van der Waals surface area contributed by atoms with Crippen LogP contribution in [0.5, 0.6) is 5.75 Å². The largest absolute Gasteiger partial charge is 0.456 e. The summed E-state index contributed by atoms with van der Waals surface area (Å²) < 4.78 is 26.5. The summed E-state index contributed by atoms with van der Waals surface area (Å²) in [6.45, 7) is 3.15. The Morgan fingerprint density at radius 3 is 2.14 bits per heavy atom. The average Bonchev–Trinajstić information content (AvgIpc) is 2.59. The molecule has 28 heavy (non-hydrogen) atoms. The predicted molar refractivity (Wildman–Crippen MR) is 90.1 cm³/mol. The van der Waals surface area contributed by atoms with Crippen LogP contribution in [0, 0.1) is 10.1 Å². The van der Waals surface area contributed by atoms with Gasteiger partial charge in [-0.3, -0.25) is 24.5 Å². The predicted octanol–water partition coefficient (Wildman–Crippen LogP) is 1.12. The summed E-state index contributed by atoms with van der Waals surface area (Å²) in [5.74, 6) is -2.26. The minimum Gasteiger partial charge on any atom is -0.456 e. The molecule has 0 aromatic heterocycles. The van der Waals surface area contributed by atoms with Gasteiger partial charge in [-0.2, -0.15) is 0 Å². The molecule has 4 unspecified atom stereocenters. The monoisotopic (exact) mass is 397 g/mol. The summed E-state index contributed by atoms with van der Waals surface area (Å²) in [5.41, 5.74) is -0.334. The molecule has 0 amide bonds. The minimum atomic E-state index is -1.35. The highest BCUT2D eigenvalue weighted by molar-refractivity contribution is 5.68. The fourth-order valence-corrected chi connectivity index (χ4v) is 2.64. The van der Waals surface area contributed by atoms with Crippen LogP contribution in [0.25, 0.3) is 0 Å². The molecule has 4 atom stereocenters. The molecule has 0 saturated carbocycles. The maximum Gasteiger partial charge on any atom is 0.311 e. The van der Waals surface area contributed by atoms with Gasteiger partial charge in [-0.1, -0.05) is 12.1 Å². The lowest BCUT2D eigenvalue weighted by atomic mass is 10.0. The van der Waals surface area contributed by atoms with Crippen LogP contribution < -0.4 is 4.74 Å². The van der Waals surface area contributed by atoms with Gasteiger partial charge in [0.1, 0.15) is 0 Å². The molecule has 0 N–H and O–H groups in total. The molecule has 0 aliphatic carbocycles. The molecule has 2 rings (SSSR count). The number of nitro groups is 1. The molecule has 11 heteroatoms. The third-order valence-corrected chi connectivity index (χ3v) is 3.61. The summed E-state index contributed by atoms with van der Waals surface area (Å²) >= 11 is 0. The van der Waals surface area contributed by atoms with Crippen LogP contribution in [-0.2, 0) is 33.3 Å². The Kier molecular flexibility index (Phi) is 6.88. The van der Waals surface area contributed by atoms with Crippen molar-refractivity contribution in [3.63, 3.8) is 0 Å².